The SMILES string of the molecule is Cc1cc(C(=O)O)cnc1-c1cccs1. The molecule has 0 amide bonds. The fraction of sp³-hybridized carbons (Fsp3) is 0.0909. The summed E-state index contributed by atoms with van der Waals surface area (Å²) >= 11 is 1.59. The Kier molecular flexibility index (Phi) is 2.51. The van der Waals surface area contributed by atoms with Gasteiger partial charge in [0.25, 0.3) is 0 Å². The molecule has 0 aromatic carbocycles. The summed E-state index contributed by atoms with van der Waals surface area (Å²) in [6, 6.07) is 5.57. The summed E-state index contributed by atoms with van der Waals surface area (Å²) in [4.78, 5) is 15.9. The number of rotatable bonds is 2. The number of thiophene rings is 1. The standard InChI is InChI=1S/C11H9NO2S/c1-7-5-8(11(13)14)6-12-10(7)9-3-2-4-15-9/h2-6H,1H3,(H,13,14). The van der Waals surface area contributed by atoms with Crippen molar-refractivity contribution in [2.75, 3.05) is 0 Å². The molecule has 76 valence electrons. The van der Waals surface area contributed by atoms with E-state index < -0.39 is 5.97 Å². The molecular formula is C11H9NO2S. The lowest BCUT2D eigenvalue weighted by atomic mass is 10.1. The highest BCUT2D eigenvalue weighted by Gasteiger charge is 2.08. The van der Waals surface area contributed by atoms with Crippen LogP contribution in [-0.2, 0) is 0 Å². The number of carboxylic acid groups (broad SMARTS) is 1. The number of nitrogens with zero attached hydrogens (tertiary/aromatic N) is 1. The molecule has 0 atom stereocenters. The van der Waals surface area contributed by atoms with E-state index >= 15 is 0 Å². The van der Waals surface area contributed by atoms with Crippen molar-refractivity contribution in [3.63, 3.8) is 0 Å². The maximum Gasteiger partial charge on any atom is 0.337 e. The van der Waals surface area contributed by atoms with Gasteiger partial charge in [0.15, 0.2) is 0 Å². The van der Waals surface area contributed by atoms with E-state index in [-0.39, 0.29) is 5.56 Å². The fourth-order valence-corrected chi connectivity index (χ4v) is 2.15. The quantitative estimate of drug-likeness (QED) is 0.844. The van der Waals surface area contributed by atoms with Gasteiger partial charge in [-0.25, -0.2) is 4.79 Å². The molecule has 0 unspecified atom stereocenters. The normalized spacial score (nSPS) is 10.2. The number of pyridine rings is 1. The first-order valence-corrected chi connectivity index (χ1v) is 5.30. The van der Waals surface area contributed by atoms with Gasteiger partial charge in [0.05, 0.1) is 16.1 Å². The molecule has 0 bridgehead atoms. The molecule has 4 heteroatoms. The Labute approximate surface area is 91.0 Å². The molecule has 2 aromatic rings. The van der Waals surface area contributed by atoms with Crippen LogP contribution in [0.5, 0.6) is 0 Å². The van der Waals surface area contributed by atoms with Crippen molar-refractivity contribution in [3.8, 4) is 10.6 Å². The Hall–Kier alpha value is -1.68. The van der Waals surface area contributed by atoms with Crippen LogP contribution in [0.3, 0.4) is 0 Å². The molecule has 3 nitrogen and oxygen atoms in total. The van der Waals surface area contributed by atoms with E-state index in [0.29, 0.717) is 0 Å². The van der Waals surface area contributed by atoms with E-state index in [1.165, 1.54) is 6.20 Å². The van der Waals surface area contributed by atoms with E-state index in [2.05, 4.69) is 4.98 Å². The van der Waals surface area contributed by atoms with Crippen LogP contribution in [0.4, 0.5) is 0 Å². The zero-order valence-corrected chi connectivity index (χ0v) is 8.91. The molecule has 1 N–H and O–H groups in total. The van der Waals surface area contributed by atoms with E-state index in [0.717, 1.165) is 16.1 Å². The first kappa shape index (κ1) is 9.86. The van der Waals surface area contributed by atoms with Gasteiger partial charge in [-0.1, -0.05) is 6.07 Å². The number of hydrogen-bond donors (Lipinski definition) is 1. The Balaban J connectivity index is 2.48. The Morgan fingerprint density at radius 3 is 2.87 bits per heavy atom. The smallest absolute Gasteiger partial charge is 0.337 e. The van der Waals surface area contributed by atoms with Crippen molar-refractivity contribution in [2.24, 2.45) is 0 Å². The predicted molar refractivity (Wildman–Crippen MR) is 59.2 cm³/mol. The van der Waals surface area contributed by atoms with E-state index in [1.54, 1.807) is 17.4 Å². The number of carboxylic acids is 1. The van der Waals surface area contributed by atoms with Crippen LogP contribution in [0, 0.1) is 6.92 Å². The monoisotopic (exact) mass is 219 g/mol. The Morgan fingerprint density at radius 1 is 1.53 bits per heavy atom. The lowest BCUT2D eigenvalue weighted by Gasteiger charge is -2.02. The molecule has 0 spiro atoms. The third kappa shape index (κ3) is 1.89. The highest BCUT2D eigenvalue weighted by atomic mass is 32.1. The fourth-order valence-electron chi connectivity index (χ4n) is 1.36. The minimum atomic E-state index is -0.941. The summed E-state index contributed by atoms with van der Waals surface area (Å²) in [5.41, 5.74) is 1.97. The van der Waals surface area contributed by atoms with E-state index in [4.69, 9.17) is 5.11 Å². The number of aromatic carboxylic acids is 1. The van der Waals surface area contributed by atoms with Crippen LogP contribution < -0.4 is 0 Å². The van der Waals surface area contributed by atoms with Gasteiger partial charge in [0, 0.05) is 6.20 Å². The van der Waals surface area contributed by atoms with Gasteiger partial charge in [-0.2, -0.15) is 0 Å². The lowest BCUT2D eigenvalue weighted by molar-refractivity contribution is 0.0696. The maximum atomic E-state index is 10.7. The molecule has 0 fully saturated rings. The molecule has 0 aliphatic rings. The first-order valence-electron chi connectivity index (χ1n) is 4.42. The molecule has 0 saturated heterocycles. The lowest BCUT2D eigenvalue weighted by Crippen LogP contribution is -1.99. The van der Waals surface area contributed by atoms with Crippen molar-refractivity contribution in [3.05, 3.63) is 40.9 Å². The van der Waals surface area contributed by atoms with Crippen LogP contribution in [0.15, 0.2) is 29.8 Å². The average Bonchev–Trinajstić information content (AvgIpc) is 2.70. The van der Waals surface area contributed by atoms with Gasteiger partial charge in [-0.3, -0.25) is 4.98 Å². The molecule has 2 rings (SSSR count). The van der Waals surface area contributed by atoms with Gasteiger partial charge in [0.2, 0.25) is 0 Å². The summed E-state index contributed by atoms with van der Waals surface area (Å²) in [7, 11) is 0. The number of aromatic nitrogens is 1. The van der Waals surface area contributed by atoms with Crippen LogP contribution in [0.25, 0.3) is 10.6 Å². The second-order valence-electron chi connectivity index (χ2n) is 3.17. The summed E-state index contributed by atoms with van der Waals surface area (Å²) in [6.07, 6.45) is 1.39. The average molecular weight is 219 g/mol. The second-order valence-corrected chi connectivity index (χ2v) is 4.12. The van der Waals surface area contributed by atoms with Gasteiger partial charge in [-0.15, -0.1) is 11.3 Å². The zero-order valence-electron chi connectivity index (χ0n) is 8.10. The molecule has 0 aliphatic heterocycles. The summed E-state index contributed by atoms with van der Waals surface area (Å²) in [5, 5.41) is 10.8. The van der Waals surface area contributed by atoms with Crippen LogP contribution >= 0.6 is 11.3 Å². The van der Waals surface area contributed by atoms with Crippen molar-refractivity contribution < 1.29 is 9.90 Å². The van der Waals surface area contributed by atoms with E-state index in [1.807, 2.05) is 24.4 Å². The molecule has 2 heterocycles. The third-order valence-corrected chi connectivity index (χ3v) is 2.96. The summed E-state index contributed by atoms with van der Waals surface area (Å²) < 4.78 is 0. The Bertz CT molecular complexity index is 491. The van der Waals surface area contributed by atoms with E-state index in [9.17, 15) is 4.79 Å². The molecular weight excluding hydrogens is 210 g/mol. The van der Waals surface area contributed by atoms with Gasteiger partial charge < -0.3 is 5.11 Å². The number of aryl methyl sites for hydroxylation is 1. The van der Waals surface area contributed by atoms with Crippen molar-refractivity contribution in [1.29, 1.82) is 0 Å². The van der Waals surface area contributed by atoms with Crippen LogP contribution in [-0.4, -0.2) is 16.1 Å². The number of hydrogen-bond acceptors (Lipinski definition) is 3. The maximum absolute atomic E-state index is 10.7. The molecule has 15 heavy (non-hydrogen) atoms. The number of carbonyl (C=O) groups is 1. The van der Waals surface area contributed by atoms with Crippen LogP contribution in [0.2, 0.25) is 0 Å². The van der Waals surface area contributed by atoms with Crippen molar-refractivity contribution in [1.82, 2.24) is 4.98 Å². The highest BCUT2D eigenvalue weighted by molar-refractivity contribution is 7.13. The largest absolute Gasteiger partial charge is 0.478 e. The van der Waals surface area contributed by atoms with Gasteiger partial charge in [-0.05, 0) is 30.0 Å². The van der Waals surface area contributed by atoms with Crippen molar-refractivity contribution >= 4 is 17.3 Å². The zero-order chi connectivity index (χ0) is 10.8. The summed E-state index contributed by atoms with van der Waals surface area (Å²) in [5.74, 6) is -0.941. The third-order valence-electron chi connectivity index (χ3n) is 2.08. The topological polar surface area (TPSA) is 50.2 Å². The van der Waals surface area contributed by atoms with Crippen molar-refractivity contribution in [2.45, 2.75) is 6.92 Å². The molecule has 0 saturated carbocycles. The van der Waals surface area contributed by atoms with Gasteiger partial charge in [0.1, 0.15) is 0 Å². The minimum Gasteiger partial charge on any atom is -0.478 e. The predicted octanol–water partition coefficient (Wildman–Crippen LogP) is 2.82. The van der Waals surface area contributed by atoms with Gasteiger partial charge >= 0.3 is 5.97 Å². The Morgan fingerprint density at radius 2 is 2.33 bits per heavy atom. The highest BCUT2D eigenvalue weighted by Crippen LogP contribution is 2.25. The minimum absolute atomic E-state index is 0.229. The summed E-state index contributed by atoms with van der Waals surface area (Å²) in [6.45, 7) is 1.87. The molecule has 0 radical (unpaired) electrons. The van der Waals surface area contributed by atoms with Crippen LogP contribution in [0.1, 0.15) is 15.9 Å². The first-order chi connectivity index (χ1) is 7.18. The molecule has 0 aliphatic carbocycles. The molecule has 2 aromatic heterocycles. The second kappa shape index (κ2) is 3.82.